The van der Waals surface area contributed by atoms with Gasteiger partial charge in [-0.05, 0) is 42.7 Å². The summed E-state index contributed by atoms with van der Waals surface area (Å²) in [5.41, 5.74) is 1.71. The molecule has 0 amide bonds. The maximum absolute atomic E-state index is 13.7. The first-order chi connectivity index (χ1) is 18.2. The van der Waals surface area contributed by atoms with Crippen molar-refractivity contribution in [1.29, 1.82) is 0 Å². The van der Waals surface area contributed by atoms with E-state index in [1.807, 2.05) is 37.3 Å². The van der Waals surface area contributed by atoms with E-state index in [0.29, 0.717) is 32.6 Å². The smallest absolute Gasteiger partial charge is 0.422 e. The average molecular weight is 547 g/mol. The molecule has 0 radical (unpaired) electrons. The molecule has 38 heavy (non-hydrogen) atoms. The van der Waals surface area contributed by atoms with Crippen LogP contribution in [0.2, 0.25) is 0 Å². The number of nitrogens with zero attached hydrogens (tertiary/aromatic N) is 2. The molecule has 1 aromatic heterocycles. The highest BCUT2D eigenvalue weighted by Crippen LogP contribution is 2.32. The quantitative estimate of drug-likeness (QED) is 0.397. The van der Waals surface area contributed by atoms with E-state index in [9.17, 15) is 22.8 Å². The molecular formula is C27H25F3N2O5S. The van der Waals surface area contributed by atoms with Gasteiger partial charge in [-0.2, -0.15) is 13.2 Å². The number of ether oxygens (including phenoxy) is 3. The maximum atomic E-state index is 13.7. The molecule has 0 spiro atoms. The number of esters is 1. The summed E-state index contributed by atoms with van der Waals surface area (Å²) in [6.07, 6.45) is -2.43. The van der Waals surface area contributed by atoms with E-state index in [4.69, 9.17) is 14.2 Å². The Labute approximate surface area is 220 Å². The lowest BCUT2D eigenvalue weighted by molar-refractivity contribution is -0.153. The van der Waals surface area contributed by atoms with Gasteiger partial charge in [0, 0.05) is 0 Å². The van der Waals surface area contributed by atoms with Crippen LogP contribution < -0.4 is 24.4 Å². The zero-order valence-electron chi connectivity index (χ0n) is 20.9. The van der Waals surface area contributed by atoms with Gasteiger partial charge >= 0.3 is 12.1 Å². The lowest BCUT2D eigenvalue weighted by Gasteiger charge is -2.25. The summed E-state index contributed by atoms with van der Waals surface area (Å²) in [5, 5.41) is 0. The number of methoxy groups -OCH3 is 1. The molecule has 7 nitrogen and oxygen atoms in total. The minimum atomic E-state index is -4.49. The van der Waals surface area contributed by atoms with E-state index in [1.54, 1.807) is 19.1 Å². The van der Waals surface area contributed by atoms with Gasteiger partial charge in [-0.15, -0.1) is 0 Å². The van der Waals surface area contributed by atoms with Gasteiger partial charge in [0.05, 0.1) is 35.6 Å². The molecule has 1 aliphatic rings. The Hall–Kier alpha value is -3.86. The van der Waals surface area contributed by atoms with Gasteiger partial charge in [-0.1, -0.05) is 54.7 Å². The fourth-order valence-electron chi connectivity index (χ4n) is 4.13. The second kappa shape index (κ2) is 11.3. The Balaban J connectivity index is 1.85. The summed E-state index contributed by atoms with van der Waals surface area (Å²) in [7, 11) is 1.29. The van der Waals surface area contributed by atoms with Crippen molar-refractivity contribution < 1.29 is 32.2 Å². The van der Waals surface area contributed by atoms with Crippen LogP contribution in [-0.4, -0.2) is 37.0 Å². The van der Waals surface area contributed by atoms with Crippen LogP contribution in [0.3, 0.4) is 0 Å². The molecule has 200 valence electrons. The third-order valence-corrected chi connectivity index (χ3v) is 6.71. The van der Waals surface area contributed by atoms with Gasteiger partial charge in [-0.3, -0.25) is 9.36 Å². The Kier molecular flexibility index (Phi) is 8.05. The first kappa shape index (κ1) is 27.2. The van der Waals surface area contributed by atoms with Crippen molar-refractivity contribution in [1.82, 2.24) is 4.57 Å². The number of carbonyl (C=O) groups excluding carboxylic acids is 1. The molecule has 0 saturated heterocycles. The number of aromatic nitrogens is 1. The summed E-state index contributed by atoms with van der Waals surface area (Å²) >= 11 is 1.15. The van der Waals surface area contributed by atoms with Crippen molar-refractivity contribution in [2.75, 3.05) is 20.3 Å². The first-order valence-electron chi connectivity index (χ1n) is 11.8. The summed E-state index contributed by atoms with van der Waals surface area (Å²) in [4.78, 5) is 31.5. The number of alkyl halides is 3. The standard InChI is InChI=1S/C27H25F3N2O5S/c1-4-18-22(25(34)35-3)23(17-9-7-6-8-10-17)32-24(33)21(38-26(32)31-18)14-16-11-12-19(20(13-16)36-5-2)37-15-27(28,29)30/h6-14,23H,4-5,15H2,1-3H3/b21-14-/t23-/m0/s1. The number of halogens is 3. The monoisotopic (exact) mass is 546 g/mol. The van der Waals surface area contributed by atoms with Crippen molar-refractivity contribution in [2.24, 2.45) is 4.99 Å². The van der Waals surface area contributed by atoms with Crippen LogP contribution in [0.5, 0.6) is 11.5 Å². The van der Waals surface area contributed by atoms with Crippen molar-refractivity contribution >= 4 is 23.4 Å². The zero-order valence-corrected chi connectivity index (χ0v) is 21.7. The molecular weight excluding hydrogens is 521 g/mol. The second-order valence-corrected chi connectivity index (χ2v) is 9.25. The Morgan fingerprint density at radius 1 is 1.11 bits per heavy atom. The second-order valence-electron chi connectivity index (χ2n) is 8.24. The van der Waals surface area contributed by atoms with Gasteiger partial charge in [0.15, 0.2) is 22.9 Å². The summed E-state index contributed by atoms with van der Waals surface area (Å²) in [5.74, 6) is -0.492. The predicted octanol–water partition coefficient (Wildman–Crippen LogP) is 4.14. The van der Waals surface area contributed by atoms with Crippen LogP contribution in [0, 0.1) is 0 Å². The number of fused-ring (bicyclic) bond motifs is 1. The van der Waals surface area contributed by atoms with Crippen LogP contribution in [0.25, 0.3) is 6.08 Å². The Morgan fingerprint density at radius 3 is 2.47 bits per heavy atom. The summed E-state index contributed by atoms with van der Waals surface area (Å²) < 4.78 is 55.1. The maximum Gasteiger partial charge on any atom is 0.422 e. The molecule has 0 bridgehead atoms. The Morgan fingerprint density at radius 2 is 1.84 bits per heavy atom. The van der Waals surface area contributed by atoms with Crippen LogP contribution in [0.1, 0.15) is 37.4 Å². The lowest BCUT2D eigenvalue weighted by atomic mass is 9.95. The molecule has 3 aromatic rings. The normalized spacial score (nSPS) is 15.6. The molecule has 1 atom stereocenters. The fourth-order valence-corrected chi connectivity index (χ4v) is 5.15. The average Bonchev–Trinajstić information content (AvgIpc) is 3.21. The zero-order chi connectivity index (χ0) is 27.4. The molecule has 0 N–H and O–H groups in total. The lowest BCUT2D eigenvalue weighted by Crippen LogP contribution is -2.40. The number of allylic oxidation sites excluding steroid dienone is 1. The molecule has 0 aliphatic carbocycles. The van der Waals surface area contributed by atoms with Crippen LogP contribution in [0.4, 0.5) is 13.2 Å². The number of thiazole rings is 1. The van der Waals surface area contributed by atoms with Crippen LogP contribution in [-0.2, 0) is 9.53 Å². The van der Waals surface area contributed by atoms with Crippen molar-refractivity contribution in [2.45, 2.75) is 32.5 Å². The number of carbonyl (C=O) groups is 1. The molecule has 0 saturated carbocycles. The molecule has 2 heterocycles. The number of hydrogen-bond donors (Lipinski definition) is 0. The van der Waals surface area contributed by atoms with Crippen molar-refractivity contribution in [3.05, 3.63) is 90.6 Å². The predicted molar refractivity (Wildman–Crippen MR) is 136 cm³/mol. The van der Waals surface area contributed by atoms with Gasteiger partial charge in [0.1, 0.15) is 0 Å². The van der Waals surface area contributed by atoms with Gasteiger partial charge in [-0.25, -0.2) is 9.79 Å². The summed E-state index contributed by atoms with van der Waals surface area (Å²) in [6, 6.07) is 12.8. The highest BCUT2D eigenvalue weighted by molar-refractivity contribution is 7.07. The minimum absolute atomic E-state index is 0.0535. The third-order valence-electron chi connectivity index (χ3n) is 5.72. The minimum Gasteiger partial charge on any atom is -0.490 e. The highest BCUT2D eigenvalue weighted by atomic mass is 32.1. The first-order valence-corrected chi connectivity index (χ1v) is 12.6. The molecule has 4 rings (SSSR count). The number of benzene rings is 2. The van der Waals surface area contributed by atoms with E-state index in [-0.39, 0.29) is 23.7 Å². The van der Waals surface area contributed by atoms with Crippen molar-refractivity contribution in [3.63, 3.8) is 0 Å². The van der Waals surface area contributed by atoms with Crippen LogP contribution >= 0.6 is 11.3 Å². The third kappa shape index (κ3) is 5.67. The van der Waals surface area contributed by atoms with E-state index < -0.39 is 24.8 Å². The van der Waals surface area contributed by atoms with Gasteiger partial charge in [0.2, 0.25) is 0 Å². The molecule has 2 aromatic carbocycles. The van der Waals surface area contributed by atoms with Crippen molar-refractivity contribution in [3.8, 4) is 11.5 Å². The number of rotatable bonds is 8. The summed E-state index contributed by atoms with van der Waals surface area (Å²) in [6.45, 7) is 2.33. The van der Waals surface area contributed by atoms with E-state index in [2.05, 4.69) is 4.99 Å². The van der Waals surface area contributed by atoms with Gasteiger partial charge < -0.3 is 14.2 Å². The van der Waals surface area contributed by atoms with E-state index in [1.165, 1.54) is 23.8 Å². The SMILES string of the molecule is CCOc1cc(/C=c2\sc3n(c2=O)[C@@H](c2ccccc2)C(C(=O)OC)=C(CC)N=3)ccc1OCC(F)(F)F. The van der Waals surface area contributed by atoms with E-state index in [0.717, 1.165) is 16.9 Å². The number of hydrogen-bond acceptors (Lipinski definition) is 7. The molecule has 0 unspecified atom stereocenters. The van der Waals surface area contributed by atoms with Gasteiger partial charge in [0.25, 0.3) is 5.56 Å². The van der Waals surface area contributed by atoms with Crippen LogP contribution in [0.15, 0.2) is 69.6 Å². The topological polar surface area (TPSA) is 79.1 Å². The molecule has 11 heteroatoms. The molecule has 0 fully saturated rings. The highest BCUT2D eigenvalue weighted by Gasteiger charge is 2.33. The van der Waals surface area contributed by atoms with E-state index >= 15 is 0 Å². The Bertz CT molecular complexity index is 1540. The largest absolute Gasteiger partial charge is 0.490 e. The molecule has 1 aliphatic heterocycles. The fraction of sp³-hybridized carbons (Fsp3) is 0.296.